The summed E-state index contributed by atoms with van der Waals surface area (Å²) in [7, 11) is 0. The van der Waals surface area contributed by atoms with Gasteiger partial charge in [0.2, 0.25) is 5.82 Å². The smallest absolute Gasteiger partial charge is 0.251 e. The highest BCUT2D eigenvalue weighted by molar-refractivity contribution is 6.31. The van der Waals surface area contributed by atoms with E-state index in [1.165, 1.54) is 0 Å². The average Bonchev–Trinajstić information content (AvgIpc) is 3.38. The van der Waals surface area contributed by atoms with Crippen LogP contribution in [0.5, 0.6) is 0 Å². The molecule has 0 saturated heterocycles. The van der Waals surface area contributed by atoms with Crippen molar-refractivity contribution in [1.29, 1.82) is 0 Å². The van der Waals surface area contributed by atoms with Crippen LogP contribution in [0.3, 0.4) is 0 Å². The molecule has 11 heteroatoms. The number of rotatable bonds is 6. The zero-order valence-corrected chi connectivity index (χ0v) is 19.4. The van der Waals surface area contributed by atoms with Gasteiger partial charge in [0.15, 0.2) is 0 Å². The van der Waals surface area contributed by atoms with Crippen LogP contribution in [0, 0.1) is 6.92 Å². The van der Waals surface area contributed by atoms with Crippen LogP contribution in [0.15, 0.2) is 54.9 Å². The van der Waals surface area contributed by atoms with Gasteiger partial charge < -0.3 is 11.1 Å². The fourth-order valence-corrected chi connectivity index (χ4v) is 4.00. The maximum atomic E-state index is 12.8. The Labute approximate surface area is 205 Å². The lowest BCUT2D eigenvalue weighted by atomic mass is 10.0. The van der Waals surface area contributed by atoms with E-state index < -0.39 is 0 Å². The first kappa shape index (κ1) is 22.4. The van der Waals surface area contributed by atoms with Crippen LogP contribution in [0.1, 0.15) is 32.9 Å². The zero-order chi connectivity index (χ0) is 24.4. The second-order valence-electron chi connectivity index (χ2n) is 7.98. The number of aromatic nitrogens is 7. The van der Waals surface area contributed by atoms with Gasteiger partial charge in [-0.1, -0.05) is 17.7 Å². The number of nitrogens with two attached hydrogens (primary N) is 1. The molecule has 0 atom stereocenters. The van der Waals surface area contributed by atoms with Gasteiger partial charge in [-0.05, 0) is 59.7 Å². The number of aryl methyl sites for hydroxylation is 1. The van der Waals surface area contributed by atoms with Crippen molar-refractivity contribution in [3.8, 4) is 11.4 Å². The number of hydrogen-bond acceptors (Lipinski definition) is 8. The van der Waals surface area contributed by atoms with E-state index in [-0.39, 0.29) is 5.91 Å². The standard InChI is InChI=1S/C24H20ClN9O/c1-13-16(2-3-21(26)30-13)11-29-24(35)15-4-5-27-19(10-15)7-14-6-17-9-18(25)12-28-22(17)20(8-14)23-31-33-34-32-23/h2-6,8-10,12H,7,11H2,1H3,(H2,26,30)(H,29,35)(H,31,32,33,34). The SMILES string of the molecule is Cc1nc(N)ccc1CNC(=O)c1ccnc(Cc2cc(-c3nn[nH]n3)c3ncc(Cl)cc3c2)c1. The summed E-state index contributed by atoms with van der Waals surface area (Å²) in [5.74, 6) is 0.678. The Balaban J connectivity index is 1.39. The predicted molar refractivity (Wildman–Crippen MR) is 132 cm³/mol. The van der Waals surface area contributed by atoms with Crippen molar-refractivity contribution in [3.63, 3.8) is 0 Å². The summed E-state index contributed by atoms with van der Waals surface area (Å²) in [5.41, 5.74) is 11.0. The summed E-state index contributed by atoms with van der Waals surface area (Å²) < 4.78 is 0. The van der Waals surface area contributed by atoms with E-state index in [1.807, 2.05) is 31.2 Å². The first-order valence-electron chi connectivity index (χ1n) is 10.7. The largest absolute Gasteiger partial charge is 0.384 e. The molecule has 0 spiro atoms. The van der Waals surface area contributed by atoms with Crippen molar-refractivity contribution in [2.75, 3.05) is 5.73 Å². The van der Waals surface area contributed by atoms with E-state index in [0.717, 1.165) is 33.5 Å². The molecule has 0 aliphatic rings. The van der Waals surface area contributed by atoms with Gasteiger partial charge in [-0.3, -0.25) is 14.8 Å². The van der Waals surface area contributed by atoms with Crippen LogP contribution in [-0.2, 0) is 13.0 Å². The monoisotopic (exact) mass is 485 g/mol. The summed E-state index contributed by atoms with van der Waals surface area (Å²) in [5, 5.41) is 18.6. The van der Waals surface area contributed by atoms with Crippen LogP contribution in [0.25, 0.3) is 22.3 Å². The molecular weight excluding hydrogens is 466 g/mol. The van der Waals surface area contributed by atoms with Gasteiger partial charge in [0.05, 0.1) is 10.5 Å². The third-order valence-corrected chi connectivity index (χ3v) is 5.72. The number of nitrogens with zero attached hydrogens (tertiary/aromatic N) is 6. The number of carbonyl (C=O) groups excluding carboxylic acids is 1. The van der Waals surface area contributed by atoms with Gasteiger partial charge in [-0.25, -0.2) is 4.98 Å². The Kier molecular flexibility index (Phi) is 6.02. The van der Waals surface area contributed by atoms with Crippen molar-refractivity contribution in [1.82, 2.24) is 40.9 Å². The second kappa shape index (κ2) is 9.43. The second-order valence-corrected chi connectivity index (χ2v) is 8.42. The summed E-state index contributed by atoms with van der Waals surface area (Å²) >= 11 is 6.18. The van der Waals surface area contributed by atoms with Crippen molar-refractivity contribution < 1.29 is 4.79 Å². The number of fused-ring (bicyclic) bond motifs is 1. The van der Waals surface area contributed by atoms with E-state index in [9.17, 15) is 4.79 Å². The predicted octanol–water partition coefficient (Wildman–Crippen LogP) is 3.27. The molecule has 0 bridgehead atoms. The molecule has 1 aromatic carbocycles. The van der Waals surface area contributed by atoms with E-state index in [2.05, 4.69) is 40.9 Å². The number of amides is 1. The number of benzene rings is 1. The number of halogens is 1. The summed E-state index contributed by atoms with van der Waals surface area (Å²) in [6.45, 7) is 2.21. The maximum absolute atomic E-state index is 12.8. The van der Waals surface area contributed by atoms with Crippen LogP contribution >= 0.6 is 11.6 Å². The molecule has 0 unspecified atom stereocenters. The number of anilines is 1. The zero-order valence-electron chi connectivity index (χ0n) is 18.7. The lowest BCUT2D eigenvalue weighted by Gasteiger charge is -2.10. The lowest BCUT2D eigenvalue weighted by Crippen LogP contribution is -2.23. The minimum Gasteiger partial charge on any atom is -0.384 e. The van der Waals surface area contributed by atoms with Crippen LogP contribution in [0.4, 0.5) is 5.82 Å². The molecule has 4 heterocycles. The molecule has 4 aromatic heterocycles. The molecule has 0 radical (unpaired) electrons. The van der Waals surface area contributed by atoms with Gasteiger partial charge in [0, 0.05) is 53.3 Å². The van der Waals surface area contributed by atoms with Crippen LogP contribution in [0.2, 0.25) is 5.02 Å². The van der Waals surface area contributed by atoms with E-state index >= 15 is 0 Å². The molecule has 0 saturated carbocycles. The molecule has 10 nitrogen and oxygen atoms in total. The van der Waals surface area contributed by atoms with Gasteiger partial charge in [-0.2, -0.15) is 5.21 Å². The molecule has 1 amide bonds. The molecule has 0 aliphatic heterocycles. The van der Waals surface area contributed by atoms with Crippen molar-refractivity contribution in [3.05, 3.63) is 88.0 Å². The number of nitrogen functional groups attached to an aromatic ring is 1. The number of aromatic amines is 1. The molecule has 174 valence electrons. The number of hydrogen-bond donors (Lipinski definition) is 3. The topological polar surface area (TPSA) is 148 Å². The Bertz CT molecular complexity index is 1540. The van der Waals surface area contributed by atoms with E-state index in [0.29, 0.717) is 40.7 Å². The van der Waals surface area contributed by atoms with Gasteiger partial charge in [0.1, 0.15) is 5.82 Å². The minimum absolute atomic E-state index is 0.202. The number of nitrogens with one attached hydrogen (secondary N) is 2. The van der Waals surface area contributed by atoms with E-state index in [1.54, 1.807) is 30.6 Å². The van der Waals surface area contributed by atoms with Crippen LogP contribution in [-0.4, -0.2) is 41.5 Å². The highest BCUT2D eigenvalue weighted by atomic mass is 35.5. The van der Waals surface area contributed by atoms with Gasteiger partial charge in [-0.15, -0.1) is 10.2 Å². The molecule has 0 fully saturated rings. The van der Waals surface area contributed by atoms with Crippen molar-refractivity contribution in [2.45, 2.75) is 19.9 Å². The van der Waals surface area contributed by atoms with Crippen LogP contribution < -0.4 is 11.1 Å². The first-order valence-corrected chi connectivity index (χ1v) is 11.1. The number of H-pyrrole nitrogens is 1. The Morgan fingerprint density at radius 1 is 1.14 bits per heavy atom. The van der Waals surface area contributed by atoms with Gasteiger partial charge in [0.25, 0.3) is 5.91 Å². The Morgan fingerprint density at radius 2 is 2.03 bits per heavy atom. The Hall–Kier alpha value is -4.44. The minimum atomic E-state index is -0.202. The highest BCUT2D eigenvalue weighted by Gasteiger charge is 2.14. The fraction of sp³-hybridized carbons (Fsp3) is 0.125. The normalized spacial score (nSPS) is 11.0. The average molecular weight is 486 g/mol. The summed E-state index contributed by atoms with van der Waals surface area (Å²) in [4.78, 5) is 25.9. The molecule has 0 aliphatic carbocycles. The molecular formula is C24H20ClN9O. The fourth-order valence-electron chi connectivity index (χ4n) is 3.83. The highest BCUT2D eigenvalue weighted by Crippen LogP contribution is 2.28. The Morgan fingerprint density at radius 3 is 2.83 bits per heavy atom. The number of pyridine rings is 3. The van der Waals surface area contributed by atoms with E-state index in [4.69, 9.17) is 17.3 Å². The third-order valence-electron chi connectivity index (χ3n) is 5.52. The number of tetrazole rings is 1. The third kappa shape index (κ3) is 4.92. The molecule has 5 aromatic rings. The van der Waals surface area contributed by atoms with Crippen molar-refractivity contribution >= 4 is 34.2 Å². The lowest BCUT2D eigenvalue weighted by molar-refractivity contribution is 0.0950. The number of carbonyl (C=O) groups is 1. The molecule has 5 rings (SSSR count). The summed E-state index contributed by atoms with van der Waals surface area (Å²) in [6, 6.07) is 12.8. The summed E-state index contributed by atoms with van der Waals surface area (Å²) in [6.07, 6.45) is 3.69. The van der Waals surface area contributed by atoms with Crippen molar-refractivity contribution in [2.24, 2.45) is 0 Å². The maximum Gasteiger partial charge on any atom is 0.251 e. The molecule has 4 N–H and O–H groups in total. The first-order chi connectivity index (χ1) is 17.0. The quantitative estimate of drug-likeness (QED) is 0.332. The van der Waals surface area contributed by atoms with Gasteiger partial charge >= 0.3 is 0 Å². The molecule has 35 heavy (non-hydrogen) atoms.